The maximum atomic E-state index is 11.4. The number of carbonyl (C=O) groups is 1. The molecule has 38 heavy (non-hydrogen) atoms. The van der Waals surface area contributed by atoms with Crippen LogP contribution in [-0.4, -0.2) is 15.9 Å². The summed E-state index contributed by atoms with van der Waals surface area (Å²) in [5, 5.41) is 9.89. The van der Waals surface area contributed by atoms with Crippen molar-refractivity contribution in [1.29, 1.82) is 5.26 Å². The van der Waals surface area contributed by atoms with Gasteiger partial charge in [-0.3, -0.25) is 4.79 Å². The third-order valence-corrected chi connectivity index (χ3v) is 9.76. The van der Waals surface area contributed by atoms with Crippen LogP contribution in [0.2, 0.25) is 0 Å². The minimum atomic E-state index is -0.471. The molecule has 0 aliphatic heterocycles. The number of carbonyl (C=O) groups excluding carboxylic acids is 1. The van der Waals surface area contributed by atoms with Gasteiger partial charge in [0.1, 0.15) is 20.4 Å². The summed E-state index contributed by atoms with van der Waals surface area (Å²) in [6.07, 6.45) is 6.50. The lowest BCUT2D eigenvalue weighted by molar-refractivity contribution is 0.100. The number of hydrogen-bond acceptors (Lipinski definition) is 6. The molecule has 5 N–H and O–H groups in total. The van der Waals surface area contributed by atoms with Gasteiger partial charge in [-0.2, -0.15) is 5.26 Å². The van der Waals surface area contributed by atoms with Crippen molar-refractivity contribution in [3.05, 3.63) is 49.7 Å². The fraction of sp³-hybridized carbons (Fsp3) is 0.533. The average Bonchev–Trinajstić information content (AvgIpc) is 3.16. The van der Waals surface area contributed by atoms with Gasteiger partial charge in [0.25, 0.3) is 5.91 Å². The molecule has 2 aliphatic rings. The number of pyridine rings is 2. The number of primary amides is 1. The summed E-state index contributed by atoms with van der Waals surface area (Å²) < 4.78 is 0.584. The molecule has 1 amide bonds. The zero-order chi connectivity index (χ0) is 28.0. The number of anilines is 1. The molecule has 3 heterocycles. The van der Waals surface area contributed by atoms with Crippen LogP contribution in [0.1, 0.15) is 92.1 Å². The van der Waals surface area contributed by atoms with Gasteiger partial charge < -0.3 is 16.5 Å². The van der Waals surface area contributed by atoms with Crippen molar-refractivity contribution in [3.63, 3.8) is 0 Å². The molecule has 0 saturated heterocycles. The molecule has 0 bridgehead atoms. The van der Waals surface area contributed by atoms with Gasteiger partial charge in [-0.15, -0.1) is 11.3 Å². The topological polar surface area (TPSA) is 122 Å². The maximum absolute atomic E-state index is 11.4. The van der Waals surface area contributed by atoms with Gasteiger partial charge in [0.15, 0.2) is 0 Å². The predicted molar refractivity (Wildman–Crippen MR) is 159 cm³/mol. The predicted octanol–water partition coefficient (Wildman–Crippen LogP) is 6.90. The molecule has 5 rings (SSSR count). The molecule has 0 aromatic carbocycles. The van der Waals surface area contributed by atoms with Crippen LogP contribution in [0.3, 0.4) is 0 Å². The van der Waals surface area contributed by atoms with Crippen molar-refractivity contribution in [2.75, 3.05) is 5.73 Å². The van der Waals surface area contributed by atoms with Gasteiger partial charge in [0.05, 0.1) is 11.3 Å². The molecule has 0 radical (unpaired) electrons. The number of thiophene rings is 1. The Kier molecular flexibility index (Phi) is 7.75. The van der Waals surface area contributed by atoms with E-state index in [4.69, 9.17) is 33.9 Å². The number of nitriles is 1. The van der Waals surface area contributed by atoms with E-state index >= 15 is 0 Å². The van der Waals surface area contributed by atoms with Crippen LogP contribution < -0.4 is 11.5 Å². The van der Waals surface area contributed by atoms with E-state index < -0.39 is 5.91 Å². The van der Waals surface area contributed by atoms with Crippen molar-refractivity contribution < 1.29 is 4.79 Å². The standard InChI is InChI=1S/C16H21N3OS.C14H18N2S/c1-16(2,3)9-4-5-11-8(6-9)7-10-12(17)13(14(18)20)21-15(10)19-11;1-14(2,3)11-4-5-12-9(7-11)6-10(8-15)13(17)16-12/h7,9H,4-6,17H2,1-3H3,(H2,18,20);6,11H,4-5,7H2,1-3H3,(H,16,17). The minimum Gasteiger partial charge on any atom is -0.397 e. The quantitative estimate of drug-likeness (QED) is 0.285. The second-order valence-electron chi connectivity index (χ2n) is 12.9. The number of nitrogens with two attached hydrogens (primary N) is 2. The molecule has 6 nitrogen and oxygen atoms in total. The Morgan fingerprint density at radius 1 is 1.08 bits per heavy atom. The first-order chi connectivity index (χ1) is 17.7. The van der Waals surface area contributed by atoms with Crippen molar-refractivity contribution >= 4 is 45.4 Å². The molecule has 2 atom stereocenters. The Morgan fingerprint density at radius 2 is 1.68 bits per heavy atom. The highest BCUT2D eigenvalue weighted by Gasteiger charge is 2.31. The fourth-order valence-corrected chi connectivity index (χ4v) is 6.81. The third kappa shape index (κ3) is 5.79. The number of aryl methyl sites for hydroxylation is 2. The van der Waals surface area contributed by atoms with Gasteiger partial charge >= 0.3 is 0 Å². The molecule has 2 aliphatic carbocycles. The first kappa shape index (κ1) is 28.3. The van der Waals surface area contributed by atoms with Crippen LogP contribution in [0.5, 0.6) is 0 Å². The average molecular weight is 550 g/mol. The molecule has 0 spiro atoms. The van der Waals surface area contributed by atoms with Gasteiger partial charge in [-0.25, -0.2) is 4.98 Å². The van der Waals surface area contributed by atoms with Gasteiger partial charge in [-0.1, -0.05) is 53.8 Å². The lowest BCUT2D eigenvalue weighted by Crippen LogP contribution is -2.27. The number of rotatable bonds is 1. The minimum absolute atomic E-state index is 0.297. The highest BCUT2D eigenvalue weighted by Crippen LogP contribution is 2.40. The number of amides is 1. The van der Waals surface area contributed by atoms with E-state index in [-0.39, 0.29) is 0 Å². The second kappa shape index (κ2) is 10.4. The van der Waals surface area contributed by atoms with E-state index in [1.807, 2.05) is 6.07 Å². The molecule has 0 fully saturated rings. The molecule has 2 unspecified atom stereocenters. The van der Waals surface area contributed by atoms with Crippen LogP contribution >= 0.6 is 23.6 Å². The van der Waals surface area contributed by atoms with Crippen LogP contribution in [0.4, 0.5) is 5.69 Å². The number of fused-ring (bicyclic) bond motifs is 3. The second-order valence-corrected chi connectivity index (χ2v) is 14.3. The zero-order valence-corrected chi connectivity index (χ0v) is 25.0. The number of nitrogen functional groups attached to an aromatic ring is 1. The third-order valence-electron chi connectivity index (χ3n) is 8.30. The van der Waals surface area contributed by atoms with Crippen LogP contribution in [0.15, 0.2) is 12.1 Å². The molecule has 202 valence electrons. The van der Waals surface area contributed by atoms with Crippen LogP contribution in [0.25, 0.3) is 10.2 Å². The van der Waals surface area contributed by atoms with Gasteiger partial charge in [0.2, 0.25) is 0 Å². The van der Waals surface area contributed by atoms with Gasteiger partial charge in [0, 0.05) is 16.8 Å². The monoisotopic (exact) mass is 549 g/mol. The smallest absolute Gasteiger partial charge is 0.260 e. The Morgan fingerprint density at radius 3 is 2.26 bits per heavy atom. The summed E-state index contributed by atoms with van der Waals surface area (Å²) in [6.45, 7) is 13.7. The Labute approximate surface area is 234 Å². The van der Waals surface area contributed by atoms with Crippen molar-refractivity contribution in [2.45, 2.75) is 80.1 Å². The van der Waals surface area contributed by atoms with Crippen molar-refractivity contribution in [3.8, 4) is 6.07 Å². The number of aromatic nitrogens is 2. The number of nitrogens with zero attached hydrogens (tertiary/aromatic N) is 2. The van der Waals surface area contributed by atoms with E-state index in [9.17, 15) is 4.79 Å². The van der Waals surface area contributed by atoms with E-state index in [0.717, 1.165) is 41.6 Å². The Hall–Kier alpha value is -2.76. The van der Waals surface area contributed by atoms with E-state index in [1.54, 1.807) is 0 Å². The summed E-state index contributed by atoms with van der Waals surface area (Å²) in [5.41, 5.74) is 18.1. The summed E-state index contributed by atoms with van der Waals surface area (Å²) in [5.74, 6) is 0.867. The zero-order valence-electron chi connectivity index (χ0n) is 23.3. The van der Waals surface area contributed by atoms with E-state index in [2.05, 4.69) is 58.7 Å². The SMILES string of the molecule is CC(C)(C)C1CCc2[nH]c(=S)c(C#N)cc2C1.CC(C)(C)C1CCc2nc3sc(C(N)=O)c(N)c3cc2C1. The normalized spacial score (nSPS) is 19.1. The summed E-state index contributed by atoms with van der Waals surface area (Å²) >= 11 is 6.46. The summed E-state index contributed by atoms with van der Waals surface area (Å²) in [6, 6.07) is 6.26. The lowest BCUT2D eigenvalue weighted by atomic mass is 9.71. The van der Waals surface area contributed by atoms with Crippen molar-refractivity contribution in [1.82, 2.24) is 9.97 Å². The van der Waals surface area contributed by atoms with Gasteiger partial charge in [-0.05, 0) is 84.5 Å². The number of nitrogens with one attached hydrogen (secondary N) is 1. The molecule has 3 aromatic rings. The summed E-state index contributed by atoms with van der Waals surface area (Å²) in [4.78, 5) is 20.6. The van der Waals surface area contributed by atoms with Crippen LogP contribution in [-0.2, 0) is 25.7 Å². The summed E-state index contributed by atoms with van der Waals surface area (Å²) in [7, 11) is 0. The number of aromatic amines is 1. The Balaban J connectivity index is 0.000000181. The van der Waals surface area contributed by atoms with E-state index in [0.29, 0.717) is 43.4 Å². The first-order valence-electron chi connectivity index (χ1n) is 13.3. The Bertz CT molecular complexity index is 1480. The maximum Gasteiger partial charge on any atom is 0.260 e. The number of hydrogen-bond donors (Lipinski definition) is 3. The molecule has 3 aromatic heterocycles. The highest BCUT2D eigenvalue weighted by molar-refractivity contribution is 7.71. The highest BCUT2D eigenvalue weighted by atomic mass is 32.1. The van der Waals surface area contributed by atoms with Crippen molar-refractivity contribution in [2.24, 2.45) is 28.4 Å². The molecular weight excluding hydrogens is 510 g/mol. The fourth-order valence-electron chi connectivity index (χ4n) is 5.64. The van der Waals surface area contributed by atoms with Crippen LogP contribution in [0, 0.1) is 38.6 Å². The van der Waals surface area contributed by atoms with E-state index in [1.165, 1.54) is 41.0 Å². The molecule has 8 heteroatoms. The lowest BCUT2D eigenvalue weighted by Gasteiger charge is -2.34. The molecular formula is C30H39N5OS2. The first-order valence-corrected chi connectivity index (χ1v) is 14.6. The molecule has 0 saturated carbocycles. The largest absolute Gasteiger partial charge is 0.397 e. The number of H-pyrrole nitrogens is 1.